The van der Waals surface area contributed by atoms with Crippen LogP contribution in [0.2, 0.25) is 0 Å². The zero-order valence-corrected chi connectivity index (χ0v) is 16.7. The molecule has 4 rings (SSSR count). The predicted octanol–water partition coefficient (Wildman–Crippen LogP) is 3.58. The Bertz CT molecular complexity index is 849. The average molecular weight is 397 g/mol. The van der Waals surface area contributed by atoms with Gasteiger partial charge in [0.05, 0.1) is 18.2 Å². The molecular weight excluding hydrogens is 367 g/mol. The van der Waals surface area contributed by atoms with Crippen LogP contribution in [0.1, 0.15) is 54.8 Å². The van der Waals surface area contributed by atoms with E-state index in [9.17, 15) is 14.3 Å². The first-order chi connectivity index (χ1) is 14.1. The molecule has 1 aliphatic carbocycles. The third-order valence-corrected chi connectivity index (χ3v) is 6.30. The van der Waals surface area contributed by atoms with E-state index in [0.29, 0.717) is 25.1 Å². The number of hydrogen-bond donors (Lipinski definition) is 2. The van der Waals surface area contributed by atoms with E-state index >= 15 is 0 Å². The summed E-state index contributed by atoms with van der Waals surface area (Å²) in [4.78, 5) is 14.9. The zero-order valence-electron chi connectivity index (χ0n) is 16.7. The fourth-order valence-corrected chi connectivity index (χ4v) is 4.77. The maximum absolute atomic E-state index is 14.8. The van der Waals surface area contributed by atoms with E-state index in [1.165, 1.54) is 12.5 Å². The SMILES string of the molecule is O=C(CNCC1(O)CCCCC1)N1CCc2cccc(F)c2C1c1ccccc1. The van der Waals surface area contributed by atoms with Gasteiger partial charge in [-0.1, -0.05) is 61.7 Å². The van der Waals surface area contributed by atoms with Crippen LogP contribution in [-0.2, 0) is 11.2 Å². The van der Waals surface area contributed by atoms with Gasteiger partial charge in [0.2, 0.25) is 5.91 Å². The third-order valence-electron chi connectivity index (χ3n) is 6.30. The van der Waals surface area contributed by atoms with Gasteiger partial charge in [-0.2, -0.15) is 0 Å². The summed E-state index contributed by atoms with van der Waals surface area (Å²) in [6.07, 6.45) is 5.44. The lowest BCUT2D eigenvalue weighted by Crippen LogP contribution is -2.48. The third kappa shape index (κ3) is 4.36. The number of halogens is 1. The fourth-order valence-electron chi connectivity index (χ4n) is 4.77. The van der Waals surface area contributed by atoms with Crippen LogP contribution in [0.15, 0.2) is 48.5 Å². The Kier molecular flexibility index (Phi) is 5.97. The van der Waals surface area contributed by atoms with Gasteiger partial charge in [0.25, 0.3) is 0 Å². The van der Waals surface area contributed by atoms with Gasteiger partial charge in [-0.05, 0) is 36.5 Å². The number of amides is 1. The van der Waals surface area contributed by atoms with Crippen LogP contribution in [0.4, 0.5) is 4.39 Å². The summed E-state index contributed by atoms with van der Waals surface area (Å²) in [5.41, 5.74) is 1.77. The Morgan fingerprint density at radius 2 is 1.86 bits per heavy atom. The number of rotatable bonds is 5. The standard InChI is InChI=1S/C24H29FN2O2/c25-20-11-7-10-18-12-15-27(23(22(18)20)19-8-3-1-4-9-19)21(28)16-26-17-24(29)13-5-2-6-14-24/h1,3-4,7-11,23,26,29H,2,5-6,12-17H2. The molecule has 0 bridgehead atoms. The van der Waals surface area contributed by atoms with E-state index in [1.807, 2.05) is 36.4 Å². The molecule has 2 aliphatic rings. The molecule has 1 heterocycles. The number of fused-ring (bicyclic) bond motifs is 1. The highest BCUT2D eigenvalue weighted by atomic mass is 19.1. The molecule has 1 amide bonds. The monoisotopic (exact) mass is 396 g/mol. The number of aliphatic hydroxyl groups is 1. The second-order valence-electron chi connectivity index (χ2n) is 8.35. The minimum atomic E-state index is -0.710. The smallest absolute Gasteiger partial charge is 0.237 e. The normalized spacial score (nSPS) is 20.9. The lowest BCUT2D eigenvalue weighted by molar-refractivity contribution is -0.132. The Hall–Kier alpha value is -2.24. The zero-order chi connectivity index (χ0) is 20.3. The summed E-state index contributed by atoms with van der Waals surface area (Å²) in [6, 6.07) is 14.4. The van der Waals surface area contributed by atoms with Crippen LogP contribution in [0.5, 0.6) is 0 Å². The van der Waals surface area contributed by atoms with E-state index in [4.69, 9.17) is 0 Å². The average Bonchev–Trinajstić information content (AvgIpc) is 2.74. The summed E-state index contributed by atoms with van der Waals surface area (Å²) in [5.74, 6) is -0.328. The first-order valence-corrected chi connectivity index (χ1v) is 10.6. The number of benzene rings is 2. The fraction of sp³-hybridized carbons (Fsp3) is 0.458. The van der Waals surface area contributed by atoms with Crippen molar-refractivity contribution < 1.29 is 14.3 Å². The van der Waals surface area contributed by atoms with Gasteiger partial charge in [-0.15, -0.1) is 0 Å². The minimum Gasteiger partial charge on any atom is -0.389 e. The van der Waals surface area contributed by atoms with E-state index in [-0.39, 0.29) is 18.3 Å². The second kappa shape index (κ2) is 8.64. The molecule has 154 valence electrons. The molecule has 2 N–H and O–H groups in total. The molecule has 1 aliphatic heterocycles. The minimum absolute atomic E-state index is 0.0628. The van der Waals surface area contributed by atoms with Crippen LogP contribution in [-0.4, -0.2) is 41.1 Å². The maximum Gasteiger partial charge on any atom is 0.237 e. The molecule has 1 atom stereocenters. The van der Waals surface area contributed by atoms with Gasteiger partial charge in [-0.25, -0.2) is 4.39 Å². The van der Waals surface area contributed by atoms with Crippen molar-refractivity contribution in [2.24, 2.45) is 0 Å². The Balaban J connectivity index is 1.52. The summed E-state index contributed by atoms with van der Waals surface area (Å²) < 4.78 is 14.8. The molecule has 0 saturated heterocycles. The molecular formula is C24H29FN2O2. The van der Waals surface area contributed by atoms with Crippen molar-refractivity contribution in [3.05, 3.63) is 71.0 Å². The Labute approximate surface area is 171 Å². The van der Waals surface area contributed by atoms with Crippen molar-refractivity contribution in [2.45, 2.75) is 50.2 Å². The molecule has 2 aromatic carbocycles. The van der Waals surface area contributed by atoms with Crippen molar-refractivity contribution in [3.63, 3.8) is 0 Å². The molecule has 4 nitrogen and oxygen atoms in total. The highest BCUT2D eigenvalue weighted by Gasteiger charge is 2.34. The van der Waals surface area contributed by atoms with Crippen LogP contribution >= 0.6 is 0 Å². The summed E-state index contributed by atoms with van der Waals surface area (Å²) in [5, 5.41) is 13.8. The van der Waals surface area contributed by atoms with Gasteiger partial charge in [0, 0.05) is 18.7 Å². The number of carbonyl (C=O) groups is 1. The molecule has 0 radical (unpaired) electrons. The number of hydrogen-bond acceptors (Lipinski definition) is 3. The van der Waals surface area contributed by atoms with Crippen LogP contribution in [0.25, 0.3) is 0 Å². The number of nitrogens with zero attached hydrogens (tertiary/aromatic N) is 1. The van der Waals surface area contributed by atoms with Gasteiger partial charge in [0.15, 0.2) is 0 Å². The number of carbonyl (C=O) groups excluding carboxylic acids is 1. The van der Waals surface area contributed by atoms with E-state index in [0.717, 1.165) is 36.8 Å². The summed E-state index contributed by atoms with van der Waals surface area (Å²) in [7, 11) is 0. The van der Waals surface area contributed by atoms with Crippen molar-refractivity contribution in [1.82, 2.24) is 10.2 Å². The molecule has 5 heteroatoms. The van der Waals surface area contributed by atoms with Crippen LogP contribution in [0, 0.1) is 5.82 Å². The maximum atomic E-state index is 14.8. The lowest BCUT2D eigenvalue weighted by atomic mass is 9.85. The van der Waals surface area contributed by atoms with Gasteiger partial charge < -0.3 is 15.3 Å². The molecule has 1 saturated carbocycles. The van der Waals surface area contributed by atoms with Crippen molar-refractivity contribution in [1.29, 1.82) is 0 Å². The first-order valence-electron chi connectivity index (χ1n) is 10.6. The van der Waals surface area contributed by atoms with Crippen molar-refractivity contribution in [2.75, 3.05) is 19.6 Å². The molecule has 2 aromatic rings. The number of nitrogens with one attached hydrogen (secondary N) is 1. The molecule has 1 fully saturated rings. The lowest BCUT2D eigenvalue weighted by Gasteiger charge is -2.38. The summed E-state index contributed by atoms with van der Waals surface area (Å²) in [6.45, 7) is 1.13. The molecule has 29 heavy (non-hydrogen) atoms. The largest absolute Gasteiger partial charge is 0.389 e. The summed E-state index contributed by atoms with van der Waals surface area (Å²) >= 11 is 0. The Morgan fingerprint density at radius 3 is 2.62 bits per heavy atom. The molecule has 0 aromatic heterocycles. The van der Waals surface area contributed by atoms with E-state index < -0.39 is 11.6 Å². The van der Waals surface area contributed by atoms with Crippen molar-refractivity contribution in [3.8, 4) is 0 Å². The van der Waals surface area contributed by atoms with Crippen LogP contribution in [0.3, 0.4) is 0 Å². The predicted molar refractivity (Wildman–Crippen MR) is 111 cm³/mol. The molecule has 0 spiro atoms. The highest BCUT2D eigenvalue weighted by Crippen LogP contribution is 2.36. The van der Waals surface area contributed by atoms with Gasteiger partial charge in [-0.3, -0.25) is 4.79 Å². The van der Waals surface area contributed by atoms with E-state index in [2.05, 4.69) is 5.32 Å². The van der Waals surface area contributed by atoms with Gasteiger partial charge >= 0.3 is 0 Å². The second-order valence-corrected chi connectivity index (χ2v) is 8.35. The van der Waals surface area contributed by atoms with Gasteiger partial charge in [0.1, 0.15) is 5.82 Å². The quantitative estimate of drug-likeness (QED) is 0.812. The van der Waals surface area contributed by atoms with E-state index in [1.54, 1.807) is 11.0 Å². The first kappa shape index (κ1) is 20.0. The molecule has 1 unspecified atom stereocenters. The Morgan fingerprint density at radius 1 is 1.10 bits per heavy atom. The highest BCUT2D eigenvalue weighted by molar-refractivity contribution is 5.79. The topological polar surface area (TPSA) is 52.6 Å². The van der Waals surface area contributed by atoms with Crippen molar-refractivity contribution >= 4 is 5.91 Å². The van der Waals surface area contributed by atoms with Crippen LogP contribution < -0.4 is 5.32 Å².